The zero-order chi connectivity index (χ0) is 18.6. The van der Waals surface area contributed by atoms with Crippen LogP contribution in [0.5, 0.6) is 5.88 Å². The molecule has 27 heavy (non-hydrogen) atoms. The van der Waals surface area contributed by atoms with Crippen LogP contribution in [0.1, 0.15) is 16.5 Å². The maximum absolute atomic E-state index is 12.3. The van der Waals surface area contributed by atoms with Crippen LogP contribution in [0.3, 0.4) is 0 Å². The lowest BCUT2D eigenvalue weighted by molar-refractivity contribution is -0.128. The monoisotopic (exact) mass is 383 g/mol. The molecule has 7 heteroatoms. The van der Waals surface area contributed by atoms with Gasteiger partial charge >= 0.3 is 0 Å². The normalized spacial score (nSPS) is 17.0. The molecule has 6 nitrogen and oxygen atoms in total. The molecule has 1 unspecified atom stereocenters. The minimum atomic E-state index is -0.0224. The van der Waals surface area contributed by atoms with Crippen molar-refractivity contribution in [1.82, 2.24) is 14.9 Å². The summed E-state index contributed by atoms with van der Waals surface area (Å²) in [4.78, 5) is 21.8. The second-order valence-electron chi connectivity index (χ2n) is 6.33. The summed E-state index contributed by atoms with van der Waals surface area (Å²) in [5, 5.41) is 1.01. The maximum atomic E-state index is 12.3. The average Bonchev–Trinajstić information content (AvgIpc) is 3.28. The molecule has 0 saturated carbocycles. The van der Waals surface area contributed by atoms with E-state index in [1.54, 1.807) is 25.1 Å². The predicted octanol–water partition coefficient (Wildman–Crippen LogP) is 3.36. The number of carbonyl (C=O) groups is 1. The van der Waals surface area contributed by atoms with Crippen molar-refractivity contribution in [3.8, 4) is 5.88 Å². The number of H-pyrrole nitrogens is 1. The molecule has 1 saturated heterocycles. The van der Waals surface area contributed by atoms with Crippen LogP contribution in [0.15, 0.2) is 48.8 Å². The number of methoxy groups -OCH3 is 1. The topological polar surface area (TPSA) is 67.5 Å². The number of hydrogen-bond acceptors (Lipinski definition) is 5. The number of nitrogens with zero attached hydrogens (tertiary/aromatic N) is 2. The van der Waals surface area contributed by atoms with Gasteiger partial charge in [-0.25, -0.2) is 4.98 Å². The quantitative estimate of drug-likeness (QED) is 0.678. The molecule has 1 amide bonds. The Morgan fingerprint density at radius 2 is 2.19 bits per heavy atom. The highest BCUT2D eigenvalue weighted by molar-refractivity contribution is 8.00. The van der Waals surface area contributed by atoms with Gasteiger partial charge in [0.05, 0.1) is 24.1 Å². The summed E-state index contributed by atoms with van der Waals surface area (Å²) < 4.78 is 11.0. The Labute approximate surface area is 161 Å². The Hall–Kier alpha value is -2.51. The van der Waals surface area contributed by atoms with Gasteiger partial charge in [0.1, 0.15) is 12.0 Å². The summed E-state index contributed by atoms with van der Waals surface area (Å²) in [6.45, 7) is 1.58. The maximum Gasteiger partial charge on any atom is 0.233 e. The first kappa shape index (κ1) is 17.9. The van der Waals surface area contributed by atoms with Crippen LogP contribution in [0.2, 0.25) is 0 Å². The van der Waals surface area contributed by atoms with Crippen molar-refractivity contribution in [2.24, 2.45) is 0 Å². The zero-order valence-electron chi connectivity index (χ0n) is 15.1. The Kier molecular flexibility index (Phi) is 5.31. The minimum absolute atomic E-state index is 0.0224. The van der Waals surface area contributed by atoms with Gasteiger partial charge in [-0.1, -0.05) is 30.3 Å². The molecule has 4 rings (SSSR count). The Bertz CT molecular complexity index is 929. The lowest BCUT2D eigenvalue weighted by Crippen LogP contribution is -2.31. The first-order valence-electron chi connectivity index (χ1n) is 8.80. The van der Waals surface area contributed by atoms with E-state index in [1.165, 1.54) is 0 Å². The Balaban J connectivity index is 1.57. The van der Waals surface area contributed by atoms with Crippen LogP contribution < -0.4 is 4.74 Å². The third-order valence-corrected chi connectivity index (χ3v) is 5.81. The number of pyridine rings is 1. The van der Waals surface area contributed by atoms with Gasteiger partial charge in [-0.05, 0) is 5.56 Å². The molecule has 1 atom stereocenters. The number of aromatic nitrogens is 2. The van der Waals surface area contributed by atoms with Crippen LogP contribution in [0.25, 0.3) is 10.9 Å². The van der Waals surface area contributed by atoms with Gasteiger partial charge < -0.3 is 19.4 Å². The van der Waals surface area contributed by atoms with E-state index >= 15 is 0 Å². The number of aromatic amines is 1. The number of nitrogens with one attached hydrogen (secondary N) is 1. The molecule has 0 aliphatic carbocycles. The molecule has 0 spiro atoms. The van der Waals surface area contributed by atoms with E-state index < -0.39 is 0 Å². The summed E-state index contributed by atoms with van der Waals surface area (Å²) >= 11 is 1.64. The summed E-state index contributed by atoms with van der Waals surface area (Å²) in [7, 11) is 1.65. The van der Waals surface area contributed by atoms with E-state index in [0.29, 0.717) is 31.4 Å². The third-order valence-electron chi connectivity index (χ3n) is 4.57. The van der Waals surface area contributed by atoms with E-state index in [4.69, 9.17) is 9.47 Å². The number of rotatable bonds is 7. The summed E-state index contributed by atoms with van der Waals surface area (Å²) in [6, 6.07) is 12.0. The molecule has 1 N–H and O–H groups in total. The number of carbonyl (C=O) groups excluding carboxylic acids is 1. The number of thioether (sulfide) groups is 1. The Morgan fingerprint density at radius 3 is 3.00 bits per heavy atom. The van der Waals surface area contributed by atoms with Gasteiger partial charge in [-0.3, -0.25) is 4.79 Å². The first-order chi connectivity index (χ1) is 13.3. The number of ether oxygens (including phenoxy) is 2. The highest BCUT2D eigenvalue weighted by atomic mass is 32.2. The van der Waals surface area contributed by atoms with Crippen LogP contribution in [-0.4, -0.2) is 46.8 Å². The van der Waals surface area contributed by atoms with Crippen LogP contribution in [0, 0.1) is 0 Å². The molecule has 0 bridgehead atoms. The molecular weight excluding hydrogens is 362 g/mol. The van der Waals surface area contributed by atoms with Gasteiger partial charge in [0.15, 0.2) is 0 Å². The van der Waals surface area contributed by atoms with Gasteiger partial charge in [-0.2, -0.15) is 0 Å². The summed E-state index contributed by atoms with van der Waals surface area (Å²) in [6.07, 6.45) is 3.74. The third kappa shape index (κ3) is 3.79. The lowest BCUT2D eigenvalue weighted by Gasteiger charge is -2.23. The molecular formula is C20H21N3O3S. The SMILES string of the molecule is COCCN1C(=O)CSC1c1c[nH]c2cnc(OCc3ccccc3)cc12. The van der Waals surface area contributed by atoms with E-state index in [9.17, 15) is 4.79 Å². The molecule has 0 radical (unpaired) electrons. The van der Waals surface area contributed by atoms with Crippen LogP contribution >= 0.6 is 11.8 Å². The molecule has 3 heterocycles. The Morgan fingerprint density at radius 1 is 1.33 bits per heavy atom. The standard InChI is InChI=1S/C20H21N3O3S/c1-25-8-7-23-19(24)13-27-20(23)16-10-21-17-11-22-18(9-15(16)17)26-12-14-5-3-2-4-6-14/h2-6,9-11,20-21H,7-8,12-13H2,1H3. The number of hydrogen-bond donors (Lipinski definition) is 1. The van der Waals surface area contributed by atoms with E-state index in [0.717, 1.165) is 22.0 Å². The van der Waals surface area contributed by atoms with E-state index in [-0.39, 0.29) is 11.3 Å². The van der Waals surface area contributed by atoms with E-state index in [2.05, 4.69) is 9.97 Å². The minimum Gasteiger partial charge on any atom is -0.473 e. The molecule has 1 aliphatic rings. The highest BCUT2D eigenvalue weighted by Gasteiger charge is 2.34. The molecule has 1 aliphatic heterocycles. The molecule has 140 valence electrons. The van der Waals surface area contributed by atoms with Crippen molar-refractivity contribution in [2.75, 3.05) is 26.0 Å². The highest BCUT2D eigenvalue weighted by Crippen LogP contribution is 2.41. The van der Waals surface area contributed by atoms with Crippen molar-refractivity contribution in [3.05, 3.63) is 59.9 Å². The van der Waals surface area contributed by atoms with Crippen molar-refractivity contribution in [1.29, 1.82) is 0 Å². The fourth-order valence-electron chi connectivity index (χ4n) is 3.18. The van der Waals surface area contributed by atoms with Gasteiger partial charge in [0.25, 0.3) is 0 Å². The fourth-order valence-corrected chi connectivity index (χ4v) is 4.42. The lowest BCUT2D eigenvalue weighted by atomic mass is 10.2. The van der Waals surface area contributed by atoms with Crippen LogP contribution in [-0.2, 0) is 16.1 Å². The molecule has 1 fully saturated rings. The van der Waals surface area contributed by atoms with Gasteiger partial charge in [0, 0.05) is 36.9 Å². The van der Waals surface area contributed by atoms with Crippen molar-refractivity contribution in [3.63, 3.8) is 0 Å². The largest absolute Gasteiger partial charge is 0.473 e. The second kappa shape index (κ2) is 8.02. The molecule has 2 aromatic heterocycles. The van der Waals surface area contributed by atoms with Crippen LogP contribution in [0.4, 0.5) is 0 Å². The fraction of sp³-hybridized carbons (Fsp3) is 0.300. The van der Waals surface area contributed by atoms with Crippen molar-refractivity contribution in [2.45, 2.75) is 12.0 Å². The average molecular weight is 383 g/mol. The van der Waals surface area contributed by atoms with Crippen molar-refractivity contribution >= 4 is 28.6 Å². The van der Waals surface area contributed by atoms with E-state index in [1.807, 2.05) is 47.5 Å². The van der Waals surface area contributed by atoms with Crippen molar-refractivity contribution < 1.29 is 14.3 Å². The zero-order valence-corrected chi connectivity index (χ0v) is 15.9. The smallest absolute Gasteiger partial charge is 0.233 e. The number of fused-ring (bicyclic) bond motifs is 1. The number of amides is 1. The molecule has 1 aromatic carbocycles. The number of benzene rings is 1. The summed E-state index contributed by atoms with van der Waals surface area (Å²) in [5.74, 6) is 1.21. The first-order valence-corrected chi connectivity index (χ1v) is 9.85. The van der Waals surface area contributed by atoms with Gasteiger partial charge in [0.2, 0.25) is 11.8 Å². The molecule has 3 aromatic rings. The summed E-state index contributed by atoms with van der Waals surface area (Å²) in [5.41, 5.74) is 3.10. The van der Waals surface area contributed by atoms with Gasteiger partial charge in [-0.15, -0.1) is 11.8 Å². The predicted molar refractivity (Wildman–Crippen MR) is 106 cm³/mol. The second-order valence-corrected chi connectivity index (χ2v) is 7.40.